The van der Waals surface area contributed by atoms with E-state index in [0.29, 0.717) is 11.8 Å². The Balaban J connectivity index is 2.07. The number of hydrogen-bond acceptors (Lipinski definition) is 5. The van der Waals surface area contributed by atoms with E-state index < -0.39 is 50.5 Å². The van der Waals surface area contributed by atoms with Gasteiger partial charge in [-0.2, -0.15) is 29.2 Å². The maximum Gasteiger partial charge on any atom is 0.417 e. The third kappa shape index (κ3) is 5.88. The van der Waals surface area contributed by atoms with Crippen LogP contribution in [0.25, 0.3) is 0 Å². The number of piperidine rings is 1. The smallest absolute Gasteiger partial charge is 0.417 e. The summed E-state index contributed by atoms with van der Waals surface area (Å²) in [6, 6.07) is 2.94. The minimum absolute atomic E-state index is 0.0914. The lowest BCUT2D eigenvalue weighted by atomic mass is 9.96. The lowest BCUT2D eigenvalue weighted by molar-refractivity contribution is -0.142. The first-order chi connectivity index (χ1) is 14.0. The van der Waals surface area contributed by atoms with Crippen molar-refractivity contribution < 1.29 is 36.3 Å². The Bertz CT molecular complexity index is 869. The van der Waals surface area contributed by atoms with Gasteiger partial charge in [-0.3, -0.25) is 4.79 Å². The quantitative estimate of drug-likeness (QED) is 0.607. The average molecular weight is 469 g/mol. The fraction of sp³-hybridized carbons (Fsp3) is 0.556. The summed E-state index contributed by atoms with van der Waals surface area (Å²) in [5.41, 5.74) is -1.23. The van der Waals surface area contributed by atoms with Crippen molar-refractivity contribution in [2.24, 2.45) is 5.92 Å². The Kier molecular flexibility index (Phi) is 8.17. The lowest BCUT2D eigenvalue weighted by Crippen LogP contribution is -2.47. The van der Waals surface area contributed by atoms with Gasteiger partial charge in [-0.15, -0.1) is 0 Å². The maximum atomic E-state index is 13.2. The molecule has 1 aromatic rings. The number of carboxylic acids is 1. The van der Waals surface area contributed by atoms with Crippen LogP contribution in [0.15, 0.2) is 29.2 Å². The van der Waals surface area contributed by atoms with E-state index in [0.717, 1.165) is 16.4 Å². The predicted octanol–water partition coefficient (Wildman–Crippen LogP) is 2.43. The van der Waals surface area contributed by atoms with Crippen LogP contribution in [0.5, 0.6) is 0 Å². The van der Waals surface area contributed by atoms with Gasteiger partial charge in [0, 0.05) is 19.0 Å². The Morgan fingerprint density at radius 2 is 1.87 bits per heavy atom. The number of carboxylic acid groups (broad SMARTS) is 1. The molecule has 0 aliphatic carbocycles. The number of nitrogens with zero attached hydrogens (tertiary/aromatic N) is 1. The maximum absolute atomic E-state index is 13.2. The molecule has 2 N–H and O–H groups in total. The van der Waals surface area contributed by atoms with E-state index in [1.165, 1.54) is 17.8 Å². The standard InChI is InChI=1S/C18H23F3N2O5S2/c1-29-11-8-14(17(25)26)22-16(24)12-6-9-23(10-7-12)30(27,28)15-5-3-2-4-13(15)18(19,20)21/h2-5,12,14H,6-11H2,1H3,(H,22,24)(H,25,26). The summed E-state index contributed by atoms with van der Waals surface area (Å²) in [4.78, 5) is 22.8. The van der Waals surface area contributed by atoms with E-state index in [1.807, 2.05) is 6.26 Å². The van der Waals surface area contributed by atoms with Gasteiger partial charge in [0.05, 0.1) is 10.5 Å². The number of aliphatic carboxylic acids is 1. The van der Waals surface area contributed by atoms with Crippen molar-refractivity contribution in [2.75, 3.05) is 25.1 Å². The number of amides is 1. The molecule has 1 aliphatic heterocycles. The minimum Gasteiger partial charge on any atom is -0.480 e. The molecule has 12 heteroatoms. The van der Waals surface area contributed by atoms with Crippen LogP contribution in [-0.2, 0) is 25.8 Å². The summed E-state index contributed by atoms with van der Waals surface area (Å²) in [5.74, 6) is -1.70. The zero-order valence-corrected chi connectivity index (χ0v) is 17.8. The second-order valence-electron chi connectivity index (χ2n) is 6.85. The molecule has 1 saturated heterocycles. The van der Waals surface area contributed by atoms with Crippen LogP contribution in [0.1, 0.15) is 24.8 Å². The monoisotopic (exact) mass is 468 g/mol. The van der Waals surface area contributed by atoms with E-state index in [2.05, 4.69) is 5.32 Å². The third-order valence-electron chi connectivity index (χ3n) is 4.86. The molecule has 0 bridgehead atoms. The van der Waals surface area contributed by atoms with Gasteiger partial charge >= 0.3 is 12.1 Å². The number of halogens is 3. The SMILES string of the molecule is CSCCC(NC(=O)C1CCN(S(=O)(=O)c2ccccc2C(F)(F)F)CC1)C(=O)O. The molecule has 0 saturated carbocycles. The topological polar surface area (TPSA) is 104 Å². The third-order valence-corrected chi connectivity index (χ3v) is 7.46. The highest BCUT2D eigenvalue weighted by Gasteiger charge is 2.40. The van der Waals surface area contributed by atoms with Gasteiger partial charge in [0.15, 0.2) is 0 Å². The molecule has 1 fully saturated rings. The van der Waals surface area contributed by atoms with Crippen LogP contribution in [-0.4, -0.2) is 60.8 Å². The number of nitrogens with one attached hydrogen (secondary N) is 1. The van der Waals surface area contributed by atoms with Gasteiger partial charge in [-0.05, 0) is 43.4 Å². The second-order valence-corrected chi connectivity index (χ2v) is 9.75. The van der Waals surface area contributed by atoms with Crippen molar-refractivity contribution in [1.29, 1.82) is 0 Å². The molecule has 0 aromatic heterocycles. The van der Waals surface area contributed by atoms with Crippen molar-refractivity contribution in [1.82, 2.24) is 9.62 Å². The van der Waals surface area contributed by atoms with Crippen molar-refractivity contribution in [3.8, 4) is 0 Å². The first-order valence-electron chi connectivity index (χ1n) is 9.17. The Morgan fingerprint density at radius 1 is 1.27 bits per heavy atom. The molecule has 0 spiro atoms. The number of benzene rings is 1. The van der Waals surface area contributed by atoms with Crippen LogP contribution < -0.4 is 5.32 Å². The number of thioether (sulfide) groups is 1. The minimum atomic E-state index is -4.81. The zero-order chi connectivity index (χ0) is 22.5. The second kappa shape index (κ2) is 10.0. The molecule has 168 valence electrons. The van der Waals surface area contributed by atoms with Gasteiger partial charge in [0.2, 0.25) is 15.9 Å². The normalized spacial score (nSPS) is 17.5. The summed E-state index contributed by atoms with van der Waals surface area (Å²) < 4.78 is 66.1. The first-order valence-corrected chi connectivity index (χ1v) is 12.0. The van der Waals surface area contributed by atoms with Crippen LogP contribution in [0.3, 0.4) is 0 Å². The molecule has 1 heterocycles. The van der Waals surface area contributed by atoms with Gasteiger partial charge in [0.25, 0.3) is 0 Å². The Labute approximate surface area is 177 Å². The number of hydrogen-bond donors (Lipinski definition) is 2. The largest absolute Gasteiger partial charge is 0.480 e. The highest BCUT2D eigenvalue weighted by Crippen LogP contribution is 2.36. The van der Waals surface area contributed by atoms with Crippen molar-refractivity contribution in [3.05, 3.63) is 29.8 Å². The van der Waals surface area contributed by atoms with E-state index in [9.17, 15) is 36.3 Å². The molecule has 1 unspecified atom stereocenters. The summed E-state index contributed by atoms with van der Waals surface area (Å²) in [6.45, 7) is -0.260. The van der Waals surface area contributed by atoms with Gasteiger partial charge in [-0.25, -0.2) is 13.2 Å². The van der Waals surface area contributed by atoms with Gasteiger partial charge in [0.1, 0.15) is 6.04 Å². The molecule has 0 radical (unpaired) electrons. The van der Waals surface area contributed by atoms with Crippen molar-refractivity contribution >= 4 is 33.7 Å². The molecule has 1 atom stereocenters. The molecule has 1 aliphatic rings. The van der Waals surface area contributed by atoms with Gasteiger partial charge in [-0.1, -0.05) is 12.1 Å². The number of carbonyl (C=O) groups excluding carboxylic acids is 1. The van der Waals surface area contributed by atoms with Crippen molar-refractivity contribution in [3.63, 3.8) is 0 Å². The Morgan fingerprint density at radius 3 is 2.40 bits per heavy atom. The Hall–Kier alpha value is -1.79. The molecule has 2 rings (SSSR count). The summed E-state index contributed by atoms with van der Waals surface area (Å²) in [5, 5.41) is 11.7. The van der Waals surface area contributed by atoms with Gasteiger partial charge < -0.3 is 10.4 Å². The first kappa shape index (κ1) is 24.5. The highest BCUT2D eigenvalue weighted by molar-refractivity contribution is 7.98. The molecule has 30 heavy (non-hydrogen) atoms. The predicted molar refractivity (Wildman–Crippen MR) is 105 cm³/mol. The van der Waals surface area contributed by atoms with Crippen molar-refractivity contribution in [2.45, 2.75) is 36.4 Å². The van der Waals surface area contributed by atoms with E-state index in [1.54, 1.807) is 0 Å². The van der Waals surface area contributed by atoms with Crippen LogP contribution in [0.4, 0.5) is 13.2 Å². The number of rotatable bonds is 8. The van der Waals surface area contributed by atoms with E-state index in [-0.39, 0.29) is 32.4 Å². The zero-order valence-electron chi connectivity index (χ0n) is 16.2. The molecule has 1 aromatic carbocycles. The molecular weight excluding hydrogens is 445 g/mol. The fourth-order valence-electron chi connectivity index (χ4n) is 3.21. The lowest BCUT2D eigenvalue weighted by Gasteiger charge is -2.31. The van der Waals surface area contributed by atoms with Crippen LogP contribution in [0, 0.1) is 5.92 Å². The highest BCUT2D eigenvalue weighted by atomic mass is 32.2. The molecule has 7 nitrogen and oxygen atoms in total. The van der Waals surface area contributed by atoms with E-state index >= 15 is 0 Å². The summed E-state index contributed by atoms with van der Waals surface area (Å²) >= 11 is 1.45. The van der Waals surface area contributed by atoms with Crippen LogP contribution in [0.2, 0.25) is 0 Å². The van der Waals surface area contributed by atoms with Crippen LogP contribution >= 0.6 is 11.8 Å². The number of carbonyl (C=O) groups is 2. The van der Waals surface area contributed by atoms with E-state index in [4.69, 9.17) is 0 Å². The fourth-order valence-corrected chi connectivity index (χ4v) is 5.36. The molecular formula is C18H23F3N2O5S2. The summed E-state index contributed by atoms with van der Waals surface area (Å²) in [7, 11) is -4.39. The molecule has 1 amide bonds. The average Bonchev–Trinajstić information content (AvgIpc) is 2.70. The summed E-state index contributed by atoms with van der Waals surface area (Å²) in [6.07, 6.45) is -2.57. The number of sulfonamides is 1. The number of alkyl halides is 3.